The molecule has 5 rings (SSSR count). The standard InChI is InChI=1S/C38H47FN6O6/c1-41(2)17-18-42(3)38(50)32-14-16-35(47)43(4)23-36(48)45-22-28(40-34(46)19-26-11-8-10-25-9-6-7-12-30(25)26)21-29(45)24-51-33-15-13-27(39)20-31(33)37(49)44(32)5/h6-13,15,20,28-29,32H,14,16-19,21-24H2,1-5H3,(H,40,46)/t28-,29+,32+/m1/s1. The van der Waals surface area contributed by atoms with Crippen LogP contribution < -0.4 is 10.1 Å². The molecule has 0 spiro atoms. The first-order valence-corrected chi connectivity index (χ1v) is 17.2. The summed E-state index contributed by atoms with van der Waals surface area (Å²) in [5.74, 6) is -2.46. The summed E-state index contributed by atoms with van der Waals surface area (Å²) >= 11 is 0. The zero-order valence-corrected chi connectivity index (χ0v) is 29.9. The number of carbonyl (C=O) groups excluding carboxylic acids is 5. The second-order valence-electron chi connectivity index (χ2n) is 13.7. The van der Waals surface area contributed by atoms with E-state index >= 15 is 0 Å². The predicted octanol–water partition coefficient (Wildman–Crippen LogP) is 2.40. The third kappa shape index (κ3) is 9.01. The molecule has 0 bridgehead atoms. The molecule has 2 heterocycles. The summed E-state index contributed by atoms with van der Waals surface area (Å²) in [6, 6.07) is 15.4. The van der Waals surface area contributed by atoms with Gasteiger partial charge in [0.25, 0.3) is 5.91 Å². The van der Waals surface area contributed by atoms with Crippen LogP contribution in [0.2, 0.25) is 0 Å². The van der Waals surface area contributed by atoms with E-state index in [0.717, 1.165) is 22.4 Å². The number of likely N-dealkylation sites (N-methyl/N-ethyl adjacent to an activating group) is 4. The van der Waals surface area contributed by atoms with E-state index in [-0.39, 0.29) is 79.9 Å². The van der Waals surface area contributed by atoms with Crippen molar-refractivity contribution in [3.05, 3.63) is 77.6 Å². The maximum absolute atomic E-state index is 14.6. The van der Waals surface area contributed by atoms with Gasteiger partial charge in [-0.05, 0) is 61.5 Å². The molecule has 51 heavy (non-hydrogen) atoms. The molecule has 1 N–H and O–H groups in total. The normalized spacial score (nSPS) is 20.4. The SMILES string of the molecule is CN(C)CCN(C)C(=O)[C@@H]1CCC(=O)N(C)CC(=O)N2C[C@H](NC(=O)Cc3cccc4ccccc34)C[C@H]2COc2ccc(F)cc2C(=O)N1C. The van der Waals surface area contributed by atoms with E-state index in [1.54, 1.807) is 11.9 Å². The van der Waals surface area contributed by atoms with Crippen LogP contribution in [0.4, 0.5) is 4.39 Å². The van der Waals surface area contributed by atoms with E-state index in [0.29, 0.717) is 19.5 Å². The Bertz CT molecular complexity index is 1780. The molecule has 12 nitrogen and oxygen atoms in total. The zero-order valence-electron chi connectivity index (χ0n) is 29.9. The number of fused-ring (bicyclic) bond motifs is 3. The van der Waals surface area contributed by atoms with Crippen molar-refractivity contribution < 1.29 is 33.1 Å². The summed E-state index contributed by atoms with van der Waals surface area (Å²) in [5.41, 5.74) is 0.806. The van der Waals surface area contributed by atoms with Crippen LogP contribution in [-0.2, 0) is 25.6 Å². The van der Waals surface area contributed by atoms with Gasteiger partial charge in [-0.1, -0.05) is 42.5 Å². The van der Waals surface area contributed by atoms with Gasteiger partial charge in [-0.15, -0.1) is 0 Å². The number of hydrogen-bond acceptors (Lipinski definition) is 7. The number of halogens is 1. The lowest BCUT2D eigenvalue weighted by atomic mass is 10.0. The minimum Gasteiger partial charge on any atom is -0.491 e. The van der Waals surface area contributed by atoms with Crippen LogP contribution in [0.25, 0.3) is 10.8 Å². The van der Waals surface area contributed by atoms with Crippen LogP contribution in [0, 0.1) is 5.82 Å². The molecule has 0 radical (unpaired) electrons. The van der Waals surface area contributed by atoms with Crippen molar-refractivity contribution in [3.8, 4) is 5.75 Å². The van der Waals surface area contributed by atoms with Gasteiger partial charge in [-0.25, -0.2) is 4.39 Å². The number of nitrogens with zero attached hydrogens (tertiary/aromatic N) is 5. The van der Waals surface area contributed by atoms with Gasteiger partial charge in [-0.3, -0.25) is 24.0 Å². The summed E-state index contributed by atoms with van der Waals surface area (Å²) in [6.07, 6.45) is 0.411. The first-order valence-electron chi connectivity index (χ1n) is 17.2. The van der Waals surface area contributed by atoms with Gasteiger partial charge in [-0.2, -0.15) is 0 Å². The van der Waals surface area contributed by atoms with Crippen molar-refractivity contribution in [1.82, 2.24) is 29.8 Å². The fourth-order valence-corrected chi connectivity index (χ4v) is 6.73. The maximum atomic E-state index is 14.6. The number of hydrogen-bond donors (Lipinski definition) is 1. The average molecular weight is 703 g/mol. The zero-order chi connectivity index (χ0) is 36.8. The molecule has 0 unspecified atom stereocenters. The first kappa shape index (κ1) is 37.2. The molecule has 13 heteroatoms. The third-order valence-corrected chi connectivity index (χ3v) is 9.70. The number of rotatable bonds is 7. The predicted molar refractivity (Wildman–Crippen MR) is 191 cm³/mol. The first-order chi connectivity index (χ1) is 24.3. The molecular formula is C38H47FN6O6. The average Bonchev–Trinajstić information content (AvgIpc) is 3.51. The number of ether oxygens (including phenoxy) is 1. The van der Waals surface area contributed by atoms with Gasteiger partial charge in [0.15, 0.2) is 0 Å². The second-order valence-corrected chi connectivity index (χ2v) is 13.7. The van der Waals surface area contributed by atoms with Crippen LogP contribution in [0.5, 0.6) is 5.75 Å². The molecule has 272 valence electrons. The molecule has 3 aromatic carbocycles. The molecule has 1 saturated heterocycles. The number of nitrogens with one attached hydrogen (secondary N) is 1. The van der Waals surface area contributed by atoms with Crippen molar-refractivity contribution >= 4 is 40.3 Å². The Kier molecular flexibility index (Phi) is 11.9. The second kappa shape index (κ2) is 16.3. The highest BCUT2D eigenvalue weighted by atomic mass is 19.1. The van der Waals surface area contributed by atoms with Crippen LogP contribution in [0.3, 0.4) is 0 Å². The maximum Gasteiger partial charge on any atom is 0.258 e. The highest BCUT2D eigenvalue weighted by Crippen LogP contribution is 2.27. The van der Waals surface area contributed by atoms with Gasteiger partial charge >= 0.3 is 0 Å². The van der Waals surface area contributed by atoms with E-state index in [1.165, 1.54) is 40.9 Å². The number of benzene rings is 3. The van der Waals surface area contributed by atoms with Crippen molar-refractivity contribution in [3.63, 3.8) is 0 Å². The van der Waals surface area contributed by atoms with Crippen LogP contribution in [0.15, 0.2) is 60.7 Å². The molecule has 3 atom stereocenters. The minimum absolute atomic E-state index is 0.00655. The Morgan fingerprint density at radius 3 is 2.47 bits per heavy atom. The largest absolute Gasteiger partial charge is 0.491 e. The Hall–Kier alpha value is -5.04. The van der Waals surface area contributed by atoms with Crippen LogP contribution >= 0.6 is 0 Å². The van der Waals surface area contributed by atoms with Crippen LogP contribution in [0.1, 0.15) is 35.2 Å². The summed E-state index contributed by atoms with van der Waals surface area (Å²) in [6.45, 7) is 0.909. The van der Waals surface area contributed by atoms with Crippen LogP contribution in [-0.4, -0.2) is 140 Å². The Morgan fingerprint density at radius 2 is 1.71 bits per heavy atom. The molecular weight excluding hydrogens is 655 g/mol. The van der Waals surface area contributed by atoms with Gasteiger partial charge < -0.3 is 34.6 Å². The molecule has 1 fully saturated rings. The van der Waals surface area contributed by atoms with E-state index in [2.05, 4.69) is 5.32 Å². The quantitative estimate of drug-likeness (QED) is 0.402. The topological polar surface area (TPSA) is 123 Å². The van der Waals surface area contributed by atoms with Crippen molar-refractivity contribution in [2.45, 2.75) is 43.8 Å². The molecule has 0 aromatic heterocycles. The van der Waals surface area contributed by atoms with Gasteiger partial charge in [0.1, 0.15) is 24.2 Å². The molecule has 2 aliphatic heterocycles. The van der Waals surface area contributed by atoms with E-state index in [9.17, 15) is 28.4 Å². The lowest BCUT2D eigenvalue weighted by molar-refractivity contribution is -0.141. The highest BCUT2D eigenvalue weighted by Gasteiger charge is 2.38. The van der Waals surface area contributed by atoms with E-state index in [1.807, 2.05) is 61.5 Å². The number of amides is 5. The highest BCUT2D eigenvalue weighted by molar-refractivity contribution is 6.00. The Morgan fingerprint density at radius 1 is 0.961 bits per heavy atom. The minimum atomic E-state index is -1.03. The van der Waals surface area contributed by atoms with Crippen molar-refractivity contribution in [1.29, 1.82) is 0 Å². The molecule has 3 aromatic rings. The van der Waals surface area contributed by atoms with E-state index in [4.69, 9.17) is 4.74 Å². The summed E-state index contributed by atoms with van der Waals surface area (Å²) in [7, 11) is 8.38. The fourth-order valence-electron chi connectivity index (χ4n) is 6.73. The summed E-state index contributed by atoms with van der Waals surface area (Å²) in [4.78, 5) is 75.6. The lowest BCUT2D eigenvalue weighted by Gasteiger charge is -2.32. The Labute approximate surface area is 298 Å². The lowest BCUT2D eigenvalue weighted by Crippen LogP contribution is -2.50. The smallest absolute Gasteiger partial charge is 0.258 e. The Balaban J connectivity index is 1.38. The van der Waals surface area contributed by atoms with Crippen molar-refractivity contribution in [2.24, 2.45) is 0 Å². The summed E-state index contributed by atoms with van der Waals surface area (Å²) in [5, 5.41) is 5.11. The van der Waals surface area contributed by atoms with E-state index < -0.39 is 23.8 Å². The molecule has 0 aliphatic carbocycles. The molecule has 5 amide bonds. The number of carbonyl (C=O) groups is 5. The summed E-state index contributed by atoms with van der Waals surface area (Å²) < 4.78 is 20.8. The van der Waals surface area contributed by atoms with Crippen molar-refractivity contribution in [2.75, 3.05) is 68.0 Å². The monoisotopic (exact) mass is 702 g/mol. The third-order valence-electron chi connectivity index (χ3n) is 9.70. The molecule has 0 saturated carbocycles. The van der Waals surface area contributed by atoms with Gasteiger partial charge in [0.05, 0.1) is 24.6 Å². The molecule has 2 aliphatic rings. The van der Waals surface area contributed by atoms with Gasteiger partial charge in [0.2, 0.25) is 23.6 Å². The fraction of sp³-hybridized carbons (Fsp3) is 0.447. The van der Waals surface area contributed by atoms with Gasteiger partial charge in [0, 0.05) is 53.2 Å².